The third kappa shape index (κ3) is 5.99. The maximum absolute atomic E-state index is 14.2. The van der Waals surface area contributed by atoms with Gasteiger partial charge in [-0.15, -0.1) is 0 Å². The predicted octanol–water partition coefficient (Wildman–Crippen LogP) is 4.93. The van der Waals surface area contributed by atoms with Crippen LogP contribution in [-0.4, -0.2) is 38.2 Å². The minimum absolute atomic E-state index is 0.0190. The topological polar surface area (TPSA) is 82.0 Å². The summed E-state index contributed by atoms with van der Waals surface area (Å²) in [5, 5.41) is 0. The number of rotatable bonds is 11. The van der Waals surface area contributed by atoms with Gasteiger partial charge in [0.05, 0.1) is 6.54 Å². The molecule has 5 rings (SSSR count). The molecule has 200 valence electrons. The lowest BCUT2D eigenvalue weighted by Crippen LogP contribution is -2.44. The van der Waals surface area contributed by atoms with Crippen LogP contribution >= 0.6 is 0 Å². The minimum Gasteiger partial charge on any atom is -0.341 e. The molecule has 1 atom stereocenters. The van der Waals surface area contributed by atoms with Gasteiger partial charge in [-0.1, -0.05) is 86.8 Å². The van der Waals surface area contributed by atoms with Crippen molar-refractivity contribution in [2.45, 2.75) is 77.4 Å². The number of hydrogen-bond donors (Lipinski definition) is 1. The molecule has 0 bridgehead atoms. The van der Waals surface area contributed by atoms with Crippen LogP contribution in [0.15, 0.2) is 65.5 Å². The van der Waals surface area contributed by atoms with Gasteiger partial charge in [-0.05, 0) is 36.8 Å². The summed E-state index contributed by atoms with van der Waals surface area (Å²) in [6.45, 7) is 5.10. The lowest BCUT2D eigenvalue weighted by atomic mass is 10.1. The Morgan fingerprint density at radius 3 is 2.34 bits per heavy atom. The van der Waals surface area contributed by atoms with Crippen molar-refractivity contribution in [3.05, 3.63) is 88.0 Å². The molecule has 7 nitrogen and oxygen atoms in total. The zero-order chi connectivity index (χ0) is 26.3. The number of benzene rings is 2. The molecular weight excluding hydrogens is 472 g/mol. The number of nitrogens with zero attached hydrogens (tertiary/aromatic N) is 5. The van der Waals surface area contributed by atoms with E-state index >= 15 is 0 Å². The van der Waals surface area contributed by atoms with Crippen molar-refractivity contribution >= 4 is 17.1 Å². The van der Waals surface area contributed by atoms with Crippen LogP contribution in [0.4, 0.5) is 5.95 Å². The van der Waals surface area contributed by atoms with Crippen LogP contribution in [0.3, 0.4) is 0 Å². The fourth-order valence-corrected chi connectivity index (χ4v) is 5.51. The first kappa shape index (κ1) is 26.2. The Morgan fingerprint density at radius 2 is 1.63 bits per heavy atom. The van der Waals surface area contributed by atoms with Gasteiger partial charge in [0.1, 0.15) is 5.82 Å². The quantitative estimate of drug-likeness (QED) is 0.288. The van der Waals surface area contributed by atoms with Gasteiger partial charge >= 0.3 is 0 Å². The van der Waals surface area contributed by atoms with Crippen LogP contribution < -0.4 is 16.2 Å². The van der Waals surface area contributed by atoms with Crippen LogP contribution in [0, 0.1) is 0 Å². The average molecular weight is 513 g/mol. The molecule has 2 aromatic carbocycles. The maximum atomic E-state index is 14.2. The molecule has 1 saturated heterocycles. The monoisotopic (exact) mass is 512 g/mol. The van der Waals surface area contributed by atoms with E-state index in [1.807, 2.05) is 28.8 Å². The van der Waals surface area contributed by atoms with Crippen molar-refractivity contribution in [2.75, 3.05) is 18.0 Å². The minimum atomic E-state index is 0.0190. The highest BCUT2D eigenvalue weighted by Gasteiger charge is 2.26. The second-order valence-corrected chi connectivity index (χ2v) is 10.5. The zero-order valence-electron chi connectivity index (χ0n) is 22.6. The van der Waals surface area contributed by atoms with E-state index in [0.29, 0.717) is 30.7 Å². The average Bonchev–Trinajstić information content (AvgIpc) is 3.30. The molecule has 3 heterocycles. The highest BCUT2D eigenvalue weighted by Crippen LogP contribution is 2.25. The first-order valence-corrected chi connectivity index (χ1v) is 14.2. The van der Waals surface area contributed by atoms with Gasteiger partial charge in [-0.2, -0.15) is 4.98 Å². The van der Waals surface area contributed by atoms with Crippen molar-refractivity contribution in [3.63, 3.8) is 0 Å². The molecule has 0 spiro atoms. The van der Waals surface area contributed by atoms with E-state index in [1.165, 1.54) is 12.0 Å². The van der Waals surface area contributed by atoms with Gasteiger partial charge in [0, 0.05) is 32.1 Å². The Kier molecular flexibility index (Phi) is 8.54. The molecule has 0 radical (unpaired) electrons. The van der Waals surface area contributed by atoms with E-state index in [0.717, 1.165) is 69.0 Å². The van der Waals surface area contributed by atoms with Crippen LogP contribution in [0.1, 0.15) is 62.4 Å². The van der Waals surface area contributed by atoms with Gasteiger partial charge in [0.2, 0.25) is 5.95 Å². The molecule has 1 fully saturated rings. The van der Waals surface area contributed by atoms with Gasteiger partial charge in [0.25, 0.3) is 5.56 Å². The maximum Gasteiger partial charge on any atom is 0.279 e. The summed E-state index contributed by atoms with van der Waals surface area (Å²) in [7, 11) is 0. The Balaban J connectivity index is 1.59. The molecule has 2 aromatic heterocycles. The highest BCUT2D eigenvalue weighted by atomic mass is 16.1. The summed E-state index contributed by atoms with van der Waals surface area (Å²) in [4.78, 5) is 26.5. The Morgan fingerprint density at radius 1 is 0.895 bits per heavy atom. The summed E-state index contributed by atoms with van der Waals surface area (Å²) in [6.07, 6.45) is 8.01. The van der Waals surface area contributed by atoms with Crippen molar-refractivity contribution in [1.29, 1.82) is 0 Å². The molecule has 1 unspecified atom stereocenters. The molecule has 4 aromatic rings. The normalized spacial score (nSPS) is 15.8. The lowest BCUT2D eigenvalue weighted by Gasteiger charge is -2.31. The number of fused-ring (bicyclic) bond motifs is 1. The van der Waals surface area contributed by atoms with Crippen LogP contribution in [0.2, 0.25) is 0 Å². The fourth-order valence-electron chi connectivity index (χ4n) is 5.51. The molecule has 7 heteroatoms. The summed E-state index contributed by atoms with van der Waals surface area (Å²) in [5.74, 6) is 1.63. The molecule has 0 amide bonds. The number of aromatic nitrogens is 4. The third-order valence-electron chi connectivity index (χ3n) is 7.56. The van der Waals surface area contributed by atoms with Crippen molar-refractivity contribution < 1.29 is 0 Å². The molecule has 0 aliphatic carbocycles. The first-order chi connectivity index (χ1) is 18.6. The van der Waals surface area contributed by atoms with Gasteiger partial charge in [-0.3, -0.25) is 13.9 Å². The van der Waals surface area contributed by atoms with E-state index in [9.17, 15) is 4.79 Å². The van der Waals surface area contributed by atoms with E-state index in [4.69, 9.17) is 15.7 Å². The van der Waals surface area contributed by atoms with Crippen LogP contribution in [0.5, 0.6) is 0 Å². The lowest BCUT2D eigenvalue weighted by molar-refractivity contribution is 0.495. The van der Waals surface area contributed by atoms with E-state index in [2.05, 4.69) is 52.8 Å². The zero-order valence-corrected chi connectivity index (χ0v) is 22.6. The molecule has 0 saturated carbocycles. The predicted molar refractivity (Wildman–Crippen MR) is 155 cm³/mol. The van der Waals surface area contributed by atoms with Gasteiger partial charge < -0.3 is 10.6 Å². The molecular formula is C31H40N6O. The summed E-state index contributed by atoms with van der Waals surface area (Å²) in [5.41, 5.74) is 9.90. The molecule has 38 heavy (non-hydrogen) atoms. The Labute approximate surface area is 225 Å². The molecule has 1 aliphatic heterocycles. The number of unbranched alkanes of at least 4 members (excludes halogenated alkanes) is 3. The fraction of sp³-hybridized carbons (Fsp3) is 0.452. The number of hydrogen-bond acceptors (Lipinski definition) is 5. The second-order valence-electron chi connectivity index (χ2n) is 10.5. The Bertz CT molecular complexity index is 1380. The smallest absolute Gasteiger partial charge is 0.279 e. The Hall–Kier alpha value is -3.45. The highest BCUT2D eigenvalue weighted by molar-refractivity contribution is 5.74. The van der Waals surface area contributed by atoms with Gasteiger partial charge in [0.15, 0.2) is 11.2 Å². The summed E-state index contributed by atoms with van der Waals surface area (Å²) >= 11 is 0. The summed E-state index contributed by atoms with van der Waals surface area (Å²) in [6, 6.07) is 20.8. The van der Waals surface area contributed by atoms with Crippen LogP contribution in [0.25, 0.3) is 11.2 Å². The number of anilines is 1. The molecule has 2 N–H and O–H groups in total. The number of piperidine rings is 1. The first-order valence-electron chi connectivity index (χ1n) is 14.2. The number of imidazole rings is 1. The van der Waals surface area contributed by atoms with E-state index in [1.54, 1.807) is 0 Å². The second kappa shape index (κ2) is 12.4. The summed E-state index contributed by atoms with van der Waals surface area (Å²) < 4.78 is 4.01. The van der Waals surface area contributed by atoms with Crippen molar-refractivity contribution in [2.24, 2.45) is 5.73 Å². The van der Waals surface area contributed by atoms with E-state index < -0.39 is 0 Å². The standard InChI is InChI=1S/C31H40N6O/c1-2-3-4-11-21-36-27(19-18-24-13-7-5-8-14-24)33-29-28(30(36)38)37(22-25-15-9-6-10-16-25)31(34-29)35-20-12-17-26(32)23-35/h5-10,13-16,26H,2-4,11-12,17-23,32H2,1H3. The third-order valence-corrected chi connectivity index (χ3v) is 7.56. The number of aryl methyl sites for hydroxylation is 2. The van der Waals surface area contributed by atoms with Gasteiger partial charge in [-0.25, -0.2) is 4.98 Å². The number of nitrogens with two attached hydrogens (primary N) is 1. The SMILES string of the molecule is CCCCCCn1c(CCc2ccccc2)nc2nc(N3CCCC(N)C3)n(Cc3ccccc3)c2c1=O. The largest absolute Gasteiger partial charge is 0.341 e. The van der Waals surface area contributed by atoms with Crippen molar-refractivity contribution in [1.82, 2.24) is 19.1 Å². The van der Waals surface area contributed by atoms with Crippen LogP contribution in [-0.2, 0) is 25.9 Å². The van der Waals surface area contributed by atoms with E-state index in [-0.39, 0.29) is 11.6 Å². The molecule has 1 aliphatic rings. The van der Waals surface area contributed by atoms with Crippen molar-refractivity contribution in [3.8, 4) is 0 Å².